The summed E-state index contributed by atoms with van der Waals surface area (Å²) in [6.07, 6.45) is 0. The zero-order valence-electron chi connectivity index (χ0n) is 12.6. The Morgan fingerprint density at radius 2 is 1.08 bits per heavy atom. The Kier molecular flexibility index (Phi) is 12.6. The second kappa shape index (κ2) is 13.2. The molecule has 1 aromatic rings. The summed E-state index contributed by atoms with van der Waals surface area (Å²) < 4.78 is 0. The monoisotopic (exact) mass is 332 g/mol. The van der Waals surface area contributed by atoms with Crippen LogP contribution in [0.25, 0.3) is 0 Å². The topological polar surface area (TPSA) is 163 Å². The van der Waals surface area contributed by atoms with Gasteiger partial charge in [0.15, 0.2) is 0 Å². The Labute approximate surface area is 138 Å². The molecule has 0 saturated carbocycles. The lowest BCUT2D eigenvalue weighted by molar-refractivity contribution is -0.133. The molecule has 126 valence electrons. The van der Waals surface area contributed by atoms with Crippen molar-refractivity contribution in [3.05, 3.63) is 59.7 Å². The molecule has 0 aliphatic heterocycles. The van der Waals surface area contributed by atoms with Gasteiger partial charge in [-0.05, 0) is 11.1 Å². The number of hydrogen-bond donors (Lipinski definition) is 4. The van der Waals surface area contributed by atoms with E-state index < -0.39 is 23.1 Å². The van der Waals surface area contributed by atoms with Crippen molar-refractivity contribution in [3.8, 4) is 12.1 Å². The molecule has 0 saturated heterocycles. The van der Waals surface area contributed by atoms with E-state index in [-0.39, 0.29) is 13.2 Å². The van der Waals surface area contributed by atoms with Crippen LogP contribution in [0.15, 0.2) is 48.6 Å². The van der Waals surface area contributed by atoms with Crippen LogP contribution in [0.2, 0.25) is 0 Å². The first kappa shape index (κ1) is 22.8. The number of rotatable bonds is 4. The van der Waals surface area contributed by atoms with Crippen LogP contribution in [0.4, 0.5) is 0 Å². The van der Waals surface area contributed by atoms with Crippen molar-refractivity contribution in [2.24, 2.45) is 0 Å². The Bertz CT molecular complexity index is 606. The summed E-state index contributed by atoms with van der Waals surface area (Å²) >= 11 is 0. The molecular formula is C16H16N2O6. The van der Waals surface area contributed by atoms with Gasteiger partial charge in [0.05, 0.1) is 13.2 Å². The number of benzene rings is 1. The van der Waals surface area contributed by atoms with Crippen molar-refractivity contribution >= 4 is 11.9 Å². The second-order valence-electron chi connectivity index (χ2n) is 3.92. The molecular weight excluding hydrogens is 316 g/mol. The van der Waals surface area contributed by atoms with Gasteiger partial charge in [-0.3, -0.25) is 0 Å². The van der Waals surface area contributed by atoms with Crippen LogP contribution in [0.1, 0.15) is 11.1 Å². The molecule has 0 heterocycles. The quantitative estimate of drug-likeness (QED) is 0.468. The van der Waals surface area contributed by atoms with Gasteiger partial charge in [-0.2, -0.15) is 10.5 Å². The highest BCUT2D eigenvalue weighted by Crippen LogP contribution is 2.03. The minimum atomic E-state index is -1.26. The highest BCUT2D eigenvalue weighted by atomic mass is 16.4. The van der Waals surface area contributed by atoms with Crippen molar-refractivity contribution in [2.45, 2.75) is 13.2 Å². The maximum absolute atomic E-state index is 9.61. The van der Waals surface area contributed by atoms with Gasteiger partial charge in [0.2, 0.25) is 0 Å². The predicted octanol–water partition coefficient (Wildman–Crippen LogP) is 0.973. The van der Waals surface area contributed by atoms with Gasteiger partial charge in [0.25, 0.3) is 0 Å². The van der Waals surface area contributed by atoms with Gasteiger partial charge in [0.1, 0.15) is 23.3 Å². The molecule has 0 fully saturated rings. The number of carboxylic acids is 2. The van der Waals surface area contributed by atoms with Crippen LogP contribution in [0, 0.1) is 22.7 Å². The summed E-state index contributed by atoms with van der Waals surface area (Å²) in [4.78, 5) is 19.2. The van der Waals surface area contributed by atoms with E-state index in [1.54, 1.807) is 24.3 Å². The molecule has 4 N–H and O–H groups in total. The van der Waals surface area contributed by atoms with Gasteiger partial charge < -0.3 is 20.4 Å². The maximum Gasteiger partial charge on any atom is 0.345 e. The summed E-state index contributed by atoms with van der Waals surface area (Å²) in [5, 5.41) is 48.5. The molecule has 0 atom stereocenters. The standard InChI is InChI=1S/C8H10O2.2C4H3NO2/c9-5-7-1-2-8(6-10)4-3-7;2*1-3(2-5)4(6)7/h1-4,9-10H,5-6H2;2*1H2,(H,6,7). The molecule has 1 rings (SSSR count). The molecule has 0 bridgehead atoms. The zero-order chi connectivity index (χ0) is 19.1. The Morgan fingerprint density at radius 3 is 1.17 bits per heavy atom. The molecule has 8 nitrogen and oxygen atoms in total. The molecule has 8 heteroatoms. The van der Waals surface area contributed by atoms with Gasteiger partial charge >= 0.3 is 11.9 Å². The number of aliphatic hydroxyl groups excluding tert-OH is 2. The van der Waals surface area contributed by atoms with Crippen LogP contribution in [-0.2, 0) is 22.8 Å². The van der Waals surface area contributed by atoms with Crippen LogP contribution in [0.3, 0.4) is 0 Å². The smallest absolute Gasteiger partial charge is 0.345 e. The van der Waals surface area contributed by atoms with Crippen LogP contribution < -0.4 is 0 Å². The van der Waals surface area contributed by atoms with Crippen molar-refractivity contribution in [3.63, 3.8) is 0 Å². The van der Waals surface area contributed by atoms with Crippen molar-refractivity contribution in [1.82, 2.24) is 0 Å². The lowest BCUT2D eigenvalue weighted by atomic mass is 10.1. The Morgan fingerprint density at radius 1 is 0.833 bits per heavy atom. The summed E-state index contributed by atoms with van der Waals surface area (Å²) in [5.74, 6) is -2.52. The van der Waals surface area contributed by atoms with E-state index in [0.717, 1.165) is 11.1 Å². The van der Waals surface area contributed by atoms with E-state index in [1.807, 2.05) is 0 Å². The molecule has 0 aromatic heterocycles. The molecule has 0 aliphatic carbocycles. The van der Waals surface area contributed by atoms with Gasteiger partial charge in [0, 0.05) is 0 Å². The number of carboxylic acid groups (broad SMARTS) is 2. The number of hydrogen-bond acceptors (Lipinski definition) is 6. The molecule has 0 radical (unpaired) electrons. The highest BCUT2D eigenvalue weighted by Gasteiger charge is 1.98. The fraction of sp³-hybridized carbons (Fsp3) is 0.125. The molecule has 1 aromatic carbocycles. The average Bonchev–Trinajstić information content (AvgIpc) is 2.61. The number of nitriles is 2. The van der Waals surface area contributed by atoms with Crippen molar-refractivity contribution in [2.75, 3.05) is 0 Å². The molecule has 0 aliphatic rings. The third kappa shape index (κ3) is 11.2. The van der Waals surface area contributed by atoms with Crippen molar-refractivity contribution in [1.29, 1.82) is 10.5 Å². The Balaban J connectivity index is 0. The predicted molar refractivity (Wildman–Crippen MR) is 83.1 cm³/mol. The first-order valence-corrected chi connectivity index (χ1v) is 6.17. The van der Waals surface area contributed by atoms with Crippen LogP contribution >= 0.6 is 0 Å². The number of carbonyl (C=O) groups is 2. The fourth-order valence-electron chi connectivity index (χ4n) is 0.846. The molecule has 24 heavy (non-hydrogen) atoms. The lowest BCUT2D eigenvalue weighted by Gasteiger charge is -1.96. The normalized spacial score (nSPS) is 8.00. The second-order valence-corrected chi connectivity index (χ2v) is 3.92. The van der Waals surface area contributed by atoms with E-state index in [0.29, 0.717) is 0 Å². The van der Waals surface area contributed by atoms with E-state index >= 15 is 0 Å². The lowest BCUT2D eigenvalue weighted by Crippen LogP contribution is -1.94. The number of aliphatic carboxylic acids is 2. The summed E-state index contributed by atoms with van der Waals surface area (Å²) in [6.45, 7) is 5.95. The Hall–Kier alpha value is -3.46. The third-order valence-corrected chi connectivity index (χ3v) is 2.17. The largest absolute Gasteiger partial charge is 0.477 e. The van der Waals surface area contributed by atoms with E-state index in [9.17, 15) is 9.59 Å². The van der Waals surface area contributed by atoms with Crippen molar-refractivity contribution < 1.29 is 30.0 Å². The van der Waals surface area contributed by atoms with E-state index in [1.165, 1.54) is 12.1 Å². The van der Waals surface area contributed by atoms with Gasteiger partial charge in [-0.1, -0.05) is 37.4 Å². The van der Waals surface area contributed by atoms with Crippen LogP contribution in [-0.4, -0.2) is 32.4 Å². The first-order valence-electron chi connectivity index (χ1n) is 6.17. The zero-order valence-corrected chi connectivity index (χ0v) is 12.6. The fourth-order valence-corrected chi connectivity index (χ4v) is 0.846. The minimum Gasteiger partial charge on any atom is -0.477 e. The third-order valence-electron chi connectivity index (χ3n) is 2.17. The maximum atomic E-state index is 9.61. The summed E-state index contributed by atoms with van der Waals surface area (Å²) in [6, 6.07) is 9.93. The minimum absolute atomic E-state index is 0.0612. The first-order chi connectivity index (χ1) is 11.2. The van der Waals surface area contributed by atoms with Gasteiger partial charge in [-0.15, -0.1) is 0 Å². The van der Waals surface area contributed by atoms with E-state index in [2.05, 4.69) is 13.2 Å². The number of nitrogens with zero attached hydrogens (tertiary/aromatic N) is 2. The highest BCUT2D eigenvalue weighted by molar-refractivity contribution is 5.90. The summed E-state index contributed by atoms with van der Waals surface area (Å²) in [5.41, 5.74) is 0.884. The SMILES string of the molecule is C=C(C#N)C(=O)O.C=C(C#N)C(=O)O.OCc1ccc(CO)cc1. The average molecular weight is 332 g/mol. The van der Waals surface area contributed by atoms with Gasteiger partial charge in [-0.25, -0.2) is 9.59 Å². The molecule has 0 spiro atoms. The summed E-state index contributed by atoms with van der Waals surface area (Å²) in [7, 11) is 0. The molecule has 0 amide bonds. The molecule has 0 unspecified atom stereocenters. The number of aliphatic hydroxyl groups is 2. The van der Waals surface area contributed by atoms with Crippen LogP contribution in [0.5, 0.6) is 0 Å². The van der Waals surface area contributed by atoms with E-state index in [4.69, 9.17) is 30.9 Å².